The molecule has 3 amide bonds. The summed E-state index contributed by atoms with van der Waals surface area (Å²) in [7, 11) is 0. The fourth-order valence-corrected chi connectivity index (χ4v) is 8.01. The number of anilines is 1. The van der Waals surface area contributed by atoms with Crippen molar-refractivity contribution in [3.8, 4) is 5.75 Å². The van der Waals surface area contributed by atoms with Crippen molar-refractivity contribution in [2.24, 2.45) is 0 Å². The topological polar surface area (TPSA) is 107 Å². The number of rotatable bonds is 12. The Bertz CT molecular complexity index is 1730. The minimum absolute atomic E-state index is 0. The largest absolute Gasteiger partial charge is 0.508 e. The number of benzene rings is 2. The molecule has 1 aromatic heterocycles. The van der Waals surface area contributed by atoms with Gasteiger partial charge in [0.1, 0.15) is 23.8 Å². The lowest BCUT2D eigenvalue weighted by atomic mass is 9.98. The summed E-state index contributed by atoms with van der Waals surface area (Å²) in [6.07, 6.45) is 2.06. The number of aromatic nitrogens is 1. The van der Waals surface area contributed by atoms with E-state index in [0.29, 0.717) is 19.0 Å². The van der Waals surface area contributed by atoms with Gasteiger partial charge in [0.05, 0.1) is 25.3 Å². The molecule has 2 atom stereocenters. The van der Waals surface area contributed by atoms with Gasteiger partial charge >= 0.3 is 0 Å². The zero-order chi connectivity index (χ0) is 36.2. The number of fused-ring (bicyclic) bond motifs is 1. The normalized spacial score (nSPS) is 21.6. The maximum atomic E-state index is 14.4. The Morgan fingerprint density at radius 3 is 2.36 bits per heavy atom. The first-order valence-corrected chi connectivity index (χ1v) is 18.6. The van der Waals surface area contributed by atoms with E-state index in [0.717, 1.165) is 68.5 Å². The molecule has 3 aromatic rings. The van der Waals surface area contributed by atoms with Gasteiger partial charge in [-0.2, -0.15) is 0 Å². The molecule has 0 bridgehead atoms. The minimum Gasteiger partial charge on any atom is -0.508 e. The van der Waals surface area contributed by atoms with E-state index >= 15 is 0 Å². The molecule has 1 N–H and O–H groups in total. The Labute approximate surface area is 313 Å². The van der Waals surface area contributed by atoms with Crippen molar-refractivity contribution in [3.05, 3.63) is 102 Å². The van der Waals surface area contributed by atoms with Gasteiger partial charge in [0.15, 0.2) is 0 Å². The Morgan fingerprint density at radius 2 is 1.66 bits per heavy atom. The molecule has 4 saturated heterocycles. The summed E-state index contributed by atoms with van der Waals surface area (Å²) in [6.45, 7) is 14.2. The lowest BCUT2D eigenvalue weighted by molar-refractivity contribution is -0.205. The highest BCUT2D eigenvalue weighted by Gasteiger charge is 2.51. The molecule has 12 nitrogen and oxygen atoms in total. The van der Waals surface area contributed by atoms with Crippen LogP contribution in [-0.2, 0) is 33.8 Å². The zero-order valence-electron chi connectivity index (χ0n) is 30.1. The number of carbonyl (C=O) groups is 3. The van der Waals surface area contributed by atoms with Gasteiger partial charge in [-0.05, 0) is 48.4 Å². The summed E-state index contributed by atoms with van der Waals surface area (Å²) in [5.74, 6) is 0.513. The maximum absolute atomic E-state index is 14.4. The van der Waals surface area contributed by atoms with Crippen molar-refractivity contribution in [1.82, 2.24) is 34.6 Å². The van der Waals surface area contributed by atoms with Crippen LogP contribution in [0.1, 0.15) is 37.6 Å². The number of hydrogen-bond acceptors (Lipinski definition) is 9. The Kier molecular flexibility index (Phi) is 12.1. The average Bonchev–Trinajstić information content (AvgIpc) is 3.13. The summed E-state index contributed by atoms with van der Waals surface area (Å²) < 4.78 is 0. The molecule has 7 rings (SSSR count). The quantitative estimate of drug-likeness (QED) is 0.282. The molecular formula is C41H54N8O4. The van der Waals surface area contributed by atoms with Crippen molar-refractivity contribution < 1.29 is 19.5 Å². The van der Waals surface area contributed by atoms with Gasteiger partial charge < -0.3 is 24.7 Å². The minimum atomic E-state index is -0.835. The summed E-state index contributed by atoms with van der Waals surface area (Å²) in [5, 5.41) is 13.4. The van der Waals surface area contributed by atoms with Crippen LogP contribution in [0.15, 0.2) is 85.5 Å². The number of pyridine rings is 1. The van der Waals surface area contributed by atoms with Gasteiger partial charge in [0.2, 0.25) is 17.7 Å². The number of amides is 3. The van der Waals surface area contributed by atoms with Gasteiger partial charge in [-0.15, -0.1) is 6.58 Å². The maximum Gasteiger partial charge on any atom is 0.246 e. The summed E-state index contributed by atoms with van der Waals surface area (Å²) >= 11 is 0. The second-order valence-corrected chi connectivity index (χ2v) is 14.3. The molecule has 4 aliphatic heterocycles. The number of piperazine rings is 2. The third-order valence-electron chi connectivity index (χ3n) is 11.0. The summed E-state index contributed by atoms with van der Waals surface area (Å²) in [4.78, 5) is 58.3. The zero-order valence-corrected chi connectivity index (χ0v) is 30.1. The fourth-order valence-electron chi connectivity index (χ4n) is 8.01. The number of aromatic hydroxyl groups is 1. The van der Waals surface area contributed by atoms with E-state index in [9.17, 15) is 19.5 Å². The van der Waals surface area contributed by atoms with Crippen LogP contribution in [0.5, 0.6) is 5.75 Å². The van der Waals surface area contributed by atoms with E-state index in [-0.39, 0.29) is 63.4 Å². The van der Waals surface area contributed by atoms with E-state index in [4.69, 9.17) is 4.98 Å². The number of nitrogens with zero attached hydrogens (tertiary/aromatic N) is 8. The molecule has 0 radical (unpaired) electrons. The van der Waals surface area contributed by atoms with E-state index in [1.165, 1.54) is 0 Å². The molecule has 5 heterocycles. The molecule has 4 aliphatic rings. The van der Waals surface area contributed by atoms with Crippen molar-refractivity contribution in [2.45, 2.75) is 58.4 Å². The smallest absolute Gasteiger partial charge is 0.246 e. The van der Waals surface area contributed by atoms with Crippen LogP contribution < -0.4 is 4.90 Å². The van der Waals surface area contributed by atoms with Gasteiger partial charge in [-0.3, -0.25) is 19.3 Å². The van der Waals surface area contributed by atoms with Gasteiger partial charge in [-0.25, -0.2) is 15.0 Å². The molecule has 2 aromatic carbocycles. The molecule has 12 heteroatoms. The number of likely N-dealkylation sites (N-methyl/N-ethyl adjacent to an activating group) is 1. The number of hydrazine groups is 1. The molecule has 0 saturated carbocycles. The first-order valence-electron chi connectivity index (χ1n) is 18.6. The van der Waals surface area contributed by atoms with E-state index < -0.39 is 12.2 Å². The second kappa shape index (κ2) is 16.9. The monoisotopic (exact) mass is 722 g/mol. The van der Waals surface area contributed by atoms with Crippen LogP contribution in [0.3, 0.4) is 0 Å². The molecule has 282 valence electrons. The van der Waals surface area contributed by atoms with Gasteiger partial charge in [0, 0.05) is 64.7 Å². The fraction of sp³-hybridized carbons (Fsp3) is 0.463. The highest BCUT2D eigenvalue weighted by atomic mass is 16.3. The van der Waals surface area contributed by atoms with E-state index in [1.807, 2.05) is 48.5 Å². The van der Waals surface area contributed by atoms with Gasteiger partial charge in [0.25, 0.3) is 0 Å². The molecule has 1 unspecified atom stereocenters. The van der Waals surface area contributed by atoms with Gasteiger partial charge in [-0.1, -0.05) is 69.0 Å². The predicted molar refractivity (Wildman–Crippen MR) is 206 cm³/mol. The highest BCUT2D eigenvalue weighted by Crippen LogP contribution is 2.31. The Morgan fingerprint density at radius 1 is 0.925 bits per heavy atom. The lowest BCUT2D eigenvalue weighted by Crippen LogP contribution is -2.75. The molecular weight excluding hydrogens is 669 g/mol. The third-order valence-corrected chi connectivity index (χ3v) is 11.0. The van der Waals surface area contributed by atoms with Crippen LogP contribution in [0.4, 0.5) is 5.82 Å². The first-order chi connectivity index (χ1) is 25.3. The SMILES string of the molecule is C.C=CCN1CC(=O)N2C(CN(Cc3cccc(N4CC(N5CCN(CC)CC5)C4)n3)C(=O)[C@@H]2Cc2ccc(O)cc2)N1C(=O)CCc1ccccc1. The van der Waals surface area contributed by atoms with Crippen LogP contribution in [-0.4, -0.2) is 141 Å². The van der Waals surface area contributed by atoms with Crippen molar-refractivity contribution in [1.29, 1.82) is 0 Å². The summed E-state index contributed by atoms with van der Waals surface area (Å²) in [5.41, 5.74) is 2.62. The van der Waals surface area contributed by atoms with Crippen molar-refractivity contribution >= 4 is 23.5 Å². The first kappa shape index (κ1) is 38.0. The van der Waals surface area contributed by atoms with Crippen LogP contribution in [0, 0.1) is 0 Å². The molecule has 0 aliphatic carbocycles. The predicted octanol–water partition coefficient (Wildman–Crippen LogP) is 3.24. The van der Waals surface area contributed by atoms with Crippen molar-refractivity contribution in [3.63, 3.8) is 0 Å². The van der Waals surface area contributed by atoms with Crippen LogP contribution in [0.2, 0.25) is 0 Å². The molecule has 4 fully saturated rings. The highest BCUT2D eigenvalue weighted by molar-refractivity contribution is 5.92. The Hall–Kier alpha value is -4.78. The van der Waals surface area contributed by atoms with E-state index in [2.05, 4.69) is 28.2 Å². The molecule has 53 heavy (non-hydrogen) atoms. The van der Waals surface area contributed by atoms with Crippen LogP contribution in [0.25, 0.3) is 0 Å². The van der Waals surface area contributed by atoms with E-state index in [1.54, 1.807) is 50.2 Å². The van der Waals surface area contributed by atoms with Crippen LogP contribution >= 0.6 is 0 Å². The Balaban J connectivity index is 0.00000481. The standard InChI is InChI=1S/C40H50N8O4.CH4/c1-3-19-46-29-39(51)47-35(24-31-13-16-34(49)17-14-31)40(52)45(28-37(47)48(46)38(50)18-15-30-9-6-5-7-10-30)25-32-11-8-12-36(41-32)44-26-33(27-44)43-22-20-42(4-2)21-23-43;/h3,5-14,16-17,33,35,37,49H,1,4,15,18-29H2,2H3;1H4/t35-,37?;/m0./s1. The number of phenols is 1. The number of carbonyl (C=O) groups excluding carboxylic acids is 3. The second-order valence-electron chi connectivity index (χ2n) is 14.3. The number of aryl methyl sites for hydroxylation is 1. The molecule has 0 spiro atoms. The summed E-state index contributed by atoms with van der Waals surface area (Å²) in [6, 6.07) is 22.2. The third kappa shape index (κ3) is 8.40. The number of hydrogen-bond donors (Lipinski definition) is 1. The average molecular weight is 723 g/mol. The van der Waals surface area contributed by atoms with Crippen molar-refractivity contribution in [2.75, 3.05) is 70.3 Å². The number of phenolic OH excluding ortho intramolecular Hbond substituents is 1. The lowest BCUT2D eigenvalue weighted by Gasteiger charge is -2.55.